The second-order valence-electron chi connectivity index (χ2n) is 4.68. The zero-order valence-electron chi connectivity index (χ0n) is 9.59. The fourth-order valence-corrected chi connectivity index (χ4v) is 2.84. The number of rotatable bonds is 3. The Balaban J connectivity index is 2.33. The zero-order valence-corrected chi connectivity index (χ0v) is 11.1. The molecule has 0 aliphatic carbocycles. The van der Waals surface area contributed by atoms with Crippen LogP contribution in [0.1, 0.15) is 36.8 Å². The molecule has 0 amide bonds. The summed E-state index contributed by atoms with van der Waals surface area (Å²) in [5.41, 5.74) is 2.24. The monoisotopic (exact) mass is 258 g/mol. The first-order valence-electron chi connectivity index (χ1n) is 5.67. The van der Waals surface area contributed by atoms with Gasteiger partial charge in [-0.25, -0.2) is 0 Å². The van der Waals surface area contributed by atoms with Crippen molar-refractivity contribution in [2.45, 2.75) is 32.1 Å². The summed E-state index contributed by atoms with van der Waals surface area (Å²) in [6.45, 7) is 5.08. The van der Waals surface area contributed by atoms with Gasteiger partial charge in [-0.15, -0.1) is 11.6 Å². The number of fused-ring (bicyclic) bond motifs is 1. The third kappa shape index (κ3) is 2.46. The second-order valence-corrected chi connectivity index (χ2v) is 5.64. The van der Waals surface area contributed by atoms with Crippen molar-refractivity contribution >= 4 is 23.2 Å². The van der Waals surface area contributed by atoms with Crippen molar-refractivity contribution < 1.29 is 4.74 Å². The molecule has 3 heteroatoms. The molecule has 0 bridgehead atoms. The van der Waals surface area contributed by atoms with Crippen molar-refractivity contribution in [2.75, 3.05) is 6.61 Å². The predicted molar refractivity (Wildman–Crippen MR) is 68.7 cm³/mol. The van der Waals surface area contributed by atoms with Crippen LogP contribution in [0.4, 0.5) is 0 Å². The lowest BCUT2D eigenvalue weighted by Gasteiger charge is -2.16. The molecule has 88 valence electrons. The first kappa shape index (κ1) is 12.1. The summed E-state index contributed by atoms with van der Waals surface area (Å²) >= 11 is 12.5. The Morgan fingerprint density at radius 2 is 2.12 bits per heavy atom. The first-order chi connectivity index (χ1) is 7.58. The number of alkyl halides is 1. The maximum absolute atomic E-state index is 6.42. The molecule has 0 aromatic heterocycles. The van der Waals surface area contributed by atoms with Gasteiger partial charge in [0.05, 0.1) is 12.0 Å². The van der Waals surface area contributed by atoms with Crippen LogP contribution in [0.3, 0.4) is 0 Å². The minimum atomic E-state index is -0.00875. The van der Waals surface area contributed by atoms with Crippen molar-refractivity contribution in [3.63, 3.8) is 0 Å². The van der Waals surface area contributed by atoms with E-state index in [0.29, 0.717) is 5.92 Å². The number of ether oxygens (including phenoxy) is 1. The molecule has 16 heavy (non-hydrogen) atoms. The third-order valence-corrected chi connectivity index (χ3v) is 3.42. The van der Waals surface area contributed by atoms with Gasteiger partial charge in [0.15, 0.2) is 0 Å². The maximum Gasteiger partial charge on any atom is 0.127 e. The third-order valence-electron chi connectivity index (χ3n) is 2.79. The molecule has 1 aliphatic heterocycles. The van der Waals surface area contributed by atoms with Crippen molar-refractivity contribution in [3.8, 4) is 5.75 Å². The maximum atomic E-state index is 6.42. The van der Waals surface area contributed by atoms with Gasteiger partial charge in [-0.2, -0.15) is 0 Å². The van der Waals surface area contributed by atoms with E-state index in [0.717, 1.165) is 35.8 Å². The van der Waals surface area contributed by atoms with Crippen molar-refractivity contribution in [2.24, 2.45) is 5.92 Å². The van der Waals surface area contributed by atoms with E-state index >= 15 is 0 Å². The quantitative estimate of drug-likeness (QED) is 0.721. The Morgan fingerprint density at radius 3 is 2.81 bits per heavy atom. The summed E-state index contributed by atoms with van der Waals surface area (Å²) in [6.07, 6.45) is 1.88. The Morgan fingerprint density at radius 1 is 1.38 bits per heavy atom. The Bertz CT molecular complexity index is 388. The minimum Gasteiger partial charge on any atom is -0.493 e. The van der Waals surface area contributed by atoms with E-state index in [1.165, 1.54) is 5.56 Å². The molecule has 2 rings (SSSR count). The molecule has 0 saturated carbocycles. The molecule has 0 radical (unpaired) electrons. The van der Waals surface area contributed by atoms with Crippen LogP contribution in [0, 0.1) is 5.92 Å². The van der Waals surface area contributed by atoms with Crippen molar-refractivity contribution in [1.82, 2.24) is 0 Å². The fourth-order valence-electron chi connectivity index (χ4n) is 2.07. The summed E-state index contributed by atoms with van der Waals surface area (Å²) in [5, 5.41) is 0.749. The van der Waals surface area contributed by atoms with Gasteiger partial charge >= 0.3 is 0 Å². The molecule has 1 unspecified atom stereocenters. The van der Waals surface area contributed by atoms with Crippen LogP contribution < -0.4 is 4.74 Å². The standard InChI is InChI=1S/C13H16Cl2O/c1-8(2)5-12(15)11-7-10(14)6-9-3-4-16-13(9)11/h6-8,12H,3-5H2,1-2H3. The molecule has 1 aliphatic rings. The van der Waals surface area contributed by atoms with E-state index in [2.05, 4.69) is 13.8 Å². The fraction of sp³-hybridized carbons (Fsp3) is 0.538. The van der Waals surface area contributed by atoms with Crippen molar-refractivity contribution in [1.29, 1.82) is 0 Å². The predicted octanol–water partition coefficient (Wildman–Crippen LogP) is 4.60. The van der Waals surface area contributed by atoms with E-state index in [4.69, 9.17) is 27.9 Å². The molecule has 1 heterocycles. The molecule has 0 saturated heterocycles. The average Bonchev–Trinajstić information content (AvgIpc) is 2.62. The molecule has 1 aromatic carbocycles. The largest absolute Gasteiger partial charge is 0.493 e. The lowest BCUT2D eigenvalue weighted by Crippen LogP contribution is -1.99. The van der Waals surface area contributed by atoms with Gasteiger partial charge in [0.2, 0.25) is 0 Å². The Labute approximate surface area is 107 Å². The van der Waals surface area contributed by atoms with Crippen LogP contribution in [-0.4, -0.2) is 6.61 Å². The van der Waals surface area contributed by atoms with Gasteiger partial charge in [-0.05, 0) is 30.0 Å². The van der Waals surface area contributed by atoms with E-state index in [-0.39, 0.29) is 5.38 Å². The molecule has 1 atom stereocenters. The van der Waals surface area contributed by atoms with E-state index < -0.39 is 0 Å². The lowest BCUT2D eigenvalue weighted by molar-refractivity contribution is 0.352. The van der Waals surface area contributed by atoms with Gasteiger partial charge in [-0.3, -0.25) is 0 Å². The van der Waals surface area contributed by atoms with Crippen LogP contribution >= 0.6 is 23.2 Å². The lowest BCUT2D eigenvalue weighted by atomic mass is 9.99. The second kappa shape index (κ2) is 4.85. The van der Waals surface area contributed by atoms with Crippen LogP contribution in [0.2, 0.25) is 5.02 Å². The highest BCUT2D eigenvalue weighted by molar-refractivity contribution is 6.31. The van der Waals surface area contributed by atoms with Crippen LogP contribution in [0.25, 0.3) is 0 Å². The van der Waals surface area contributed by atoms with Gasteiger partial charge in [0.25, 0.3) is 0 Å². The summed E-state index contributed by atoms with van der Waals surface area (Å²) in [6, 6.07) is 3.91. The molecular formula is C13H16Cl2O. The average molecular weight is 259 g/mol. The molecular weight excluding hydrogens is 243 g/mol. The van der Waals surface area contributed by atoms with Crippen LogP contribution in [0.15, 0.2) is 12.1 Å². The molecule has 1 nitrogen and oxygen atoms in total. The molecule has 0 N–H and O–H groups in total. The van der Waals surface area contributed by atoms with Crippen molar-refractivity contribution in [3.05, 3.63) is 28.3 Å². The number of hydrogen-bond donors (Lipinski definition) is 0. The summed E-state index contributed by atoms with van der Waals surface area (Å²) in [7, 11) is 0. The molecule has 0 fully saturated rings. The van der Waals surface area contributed by atoms with E-state index in [9.17, 15) is 0 Å². The zero-order chi connectivity index (χ0) is 11.7. The highest BCUT2D eigenvalue weighted by Gasteiger charge is 2.22. The van der Waals surface area contributed by atoms with Crippen LogP contribution in [0.5, 0.6) is 5.75 Å². The van der Waals surface area contributed by atoms with E-state index in [1.807, 2.05) is 12.1 Å². The number of benzene rings is 1. The number of hydrogen-bond acceptors (Lipinski definition) is 1. The molecule has 0 spiro atoms. The number of halogens is 2. The van der Waals surface area contributed by atoms with E-state index in [1.54, 1.807) is 0 Å². The van der Waals surface area contributed by atoms with Gasteiger partial charge in [0.1, 0.15) is 5.75 Å². The summed E-state index contributed by atoms with van der Waals surface area (Å²) < 4.78 is 5.64. The Kier molecular flexibility index (Phi) is 3.66. The SMILES string of the molecule is CC(C)CC(Cl)c1cc(Cl)cc2c1OCC2. The van der Waals surface area contributed by atoms with Crippen LogP contribution in [-0.2, 0) is 6.42 Å². The highest BCUT2D eigenvalue weighted by atomic mass is 35.5. The first-order valence-corrected chi connectivity index (χ1v) is 6.48. The normalized spacial score (nSPS) is 16.1. The topological polar surface area (TPSA) is 9.23 Å². The van der Waals surface area contributed by atoms with Gasteiger partial charge in [-0.1, -0.05) is 25.4 Å². The van der Waals surface area contributed by atoms with Gasteiger partial charge in [0, 0.05) is 17.0 Å². The summed E-state index contributed by atoms with van der Waals surface area (Å²) in [5.74, 6) is 1.53. The highest BCUT2D eigenvalue weighted by Crippen LogP contribution is 2.40. The smallest absolute Gasteiger partial charge is 0.127 e. The Hall–Kier alpha value is -0.400. The minimum absolute atomic E-state index is 0.00875. The molecule has 1 aromatic rings. The van der Waals surface area contributed by atoms with Gasteiger partial charge < -0.3 is 4.74 Å². The summed E-state index contributed by atoms with van der Waals surface area (Å²) in [4.78, 5) is 0.